The van der Waals surface area contributed by atoms with Crippen LogP contribution < -0.4 is 9.47 Å². The van der Waals surface area contributed by atoms with Crippen LogP contribution in [0.4, 0.5) is 0 Å². The lowest BCUT2D eigenvalue weighted by atomic mass is 10.1. The predicted octanol–water partition coefficient (Wildman–Crippen LogP) is 6.18. The molecule has 0 spiro atoms. The summed E-state index contributed by atoms with van der Waals surface area (Å²) >= 11 is 0. The van der Waals surface area contributed by atoms with Crippen LogP contribution in [0.2, 0.25) is 0 Å². The summed E-state index contributed by atoms with van der Waals surface area (Å²) in [6, 6.07) is 29.0. The Bertz CT molecular complexity index is 1860. The summed E-state index contributed by atoms with van der Waals surface area (Å²) in [5.41, 5.74) is 3.48. The molecule has 0 unspecified atom stereocenters. The molecule has 0 atom stereocenters. The molecule has 0 bridgehead atoms. The first-order valence-electron chi connectivity index (χ1n) is 12.1. The van der Waals surface area contributed by atoms with Gasteiger partial charge in [-0.25, -0.2) is 17.4 Å². The fraction of sp³-hybridized carbons (Fsp3) is 0.0667. The molecule has 194 valence electrons. The van der Waals surface area contributed by atoms with Crippen LogP contribution >= 0.6 is 0 Å². The first-order valence-corrected chi connectivity index (χ1v) is 13.6. The summed E-state index contributed by atoms with van der Waals surface area (Å²) in [6.45, 7) is 0.161. The van der Waals surface area contributed by atoms with Crippen molar-refractivity contribution < 1.29 is 22.4 Å². The van der Waals surface area contributed by atoms with Gasteiger partial charge in [0.05, 0.1) is 12.0 Å². The Labute approximate surface area is 225 Å². The summed E-state index contributed by atoms with van der Waals surface area (Å²) in [5.74, 6) is 1.57. The Hall–Kier alpha value is -4.89. The van der Waals surface area contributed by atoms with Gasteiger partial charge < -0.3 is 14.0 Å². The van der Waals surface area contributed by atoms with Crippen molar-refractivity contribution in [2.75, 3.05) is 7.11 Å². The van der Waals surface area contributed by atoms with Gasteiger partial charge in [0.25, 0.3) is 10.0 Å². The molecule has 0 aliphatic rings. The Morgan fingerprint density at radius 2 is 1.62 bits per heavy atom. The summed E-state index contributed by atoms with van der Waals surface area (Å²) in [4.78, 5) is 4.56. The Morgan fingerprint density at radius 3 is 2.38 bits per heavy atom. The molecular formula is C30H23N3O5S. The third kappa shape index (κ3) is 4.64. The highest BCUT2D eigenvalue weighted by Gasteiger charge is 2.23. The summed E-state index contributed by atoms with van der Waals surface area (Å²) in [7, 11) is -2.30. The van der Waals surface area contributed by atoms with Gasteiger partial charge in [-0.1, -0.05) is 59.8 Å². The second-order valence-corrected chi connectivity index (χ2v) is 10.5. The lowest BCUT2D eigenvalue weighted by Crippen LogP contribution is -2.12. The molecule has 6 aromatic rings. The van der Waals surface area contributed by atoms with Crippen LogP contribution in [0.5, 0.6) is 11.5 Å². The van der Waals surface area contributed by atoms with Crippen molar-refractivity contribution >= 4 is 21.1 Å². The Morgan fingerprint density at radius 1 is 0.846 bits per heavy atom. The summed E-state index contributed by atoms with van der Waals surface area (Å²) in [6.07, 6.45) is 3.17. The van der Waals surface area contributed by atoms with E-state index in [1.54, 1.807) is 62.0 Å². The number of hydrogen-bond donors (Lipinski definition) is 0. The van der Waals surface area contributed by atoms with Gasteiger partial charge >= 0.3 is 0 Å². The molecule has 0 saturated carbocycles. The highest BCUT2D eigenvalue weighted by molar-refractivity contribution is 7.90. The fourth-order valence-corrected chi connectivity index (χ4v) is 5.72. The van der Waals surface area contributed by atoms with Crippen molar-refractivity contribution in [3.63, 3.8) is 0 Å². The topological polar surface area (TPSA) is 96.5 Å². The SMILES string of the molecule is COc1cc(-c2cn(S(=O)(=O)c3ccccc3)c3ncccc23)ccc1OCc1cc(-c2ccccc2)no1. The van der Waals surface area contributed by atoms with Gasteiger partial charge in [0.1, 0.15) is 12.3 Å². The number of benzene rings is 3. The Kier molecular flexibility index (Phi) is 6.34. The molecule has 0 saturated heterocycles. The van der Waals surface area contributed by atoms with Crippen molar-refractivity contribution in [1.82, 2.24) is 14.1 Å². The minimum atomic E-state index is -3.85. The summed E-state index contributed by atoms with van der Waals surface area (Å²) < 4.78 is 45.2. The van der Waals surface area contributed by atoms with Gasteiger partial charge in [-0.05, 0) is 42.0 Å². The molecule has 3 aromatic heterocycles. The number of ether oxygens (including phenoxy) is 2. The van der Waals surface area contributed by atoms with Gasteiger partial charge in [-0.3, -0.25) is 0 Å². The van der Waals surface area contributed by atoms with Crippen LogP contribution in [-0.4, -0.2) is 29.6 Å². The Balaban J connectivity index is 1.31. The van der Waals surface area contributed by atoms with E-state index in [4.69, 9.17) is 14.0 Å². The van der Waals surface area contributed by atoms with Gasteiger partial charge in [0.15, 0.2) is 22.9 Å². The van der Waals surface area contributed by atoms with E-state index >= 15 is 0 Å². The maximum Gasteiger partial charge on any atom is 0.269 e. The van der Waals surface area contributed by atoms with E-state index in [1.807, 2.05) is 54.6 Å². The third-order valence-electron chi connectivity index (χ3n) is 6.31. The van der Waals surface area contributed by atoms with E-state index < -0.39 is 10.0 Å². The van der Waals surface area contributed by atoms with Crippen molar-refractivity contribution in [3.05, 3.63) is 115 Å². The van der Waals surface area contributed by atoms with E-state index in [0.717, 1.165) is 16.8 Å². The van der Waals surface area contributed by atoms with E-state index in [0.29, 0.717) is 33.9 Å². The average Bonchev–Trinajstić information content (AvgIpc) is 3.63. The van der Waals surface area contributed by atoms with Crippen molar-refractivity contribution in [3.8, 4) is 33.9 Å². The van der Waals surface area contributed by atoms with Crippen LogP contribution in [0.15, 0.2) is 119 Å². The normalized spacial score (nSPS) is 11.5. The van der Waals surface area contributed by atoms with Crippen LogP contribution in [0.25, 0.3) is 33.4 Å². The molecule has 0 N–H and O–H groups in total. The largest absolute Gasteiger partial charge is 0.493 e. The van der Waals surface area contributed by atoms with Crippen molar-refractivity contribution in [2.24, 2.45) is 0 Å². The number of pyridine rings is 1. The molecule has 0 fully saturated rings. The highest BCUT2D eigenvalue weighted by Crippen LogP contribution is 2.37. The van der Waals surface area contributed by atoms with Gasteiger partial charge in [0.2, 0.25) is 0 Å². The number of nitrogens with zero attached hydrogens (tertiary/aromatic N) is 3. The zero-order valence-electron chi connectivity index (χ0n) is 20.9. The van der Waals surface area contributed by atoms with Gasteiger partial charge in [-0.2, -0.15) is 0 Å². The number of aromatic nitrogens is 3. The molecule has 0 aliphatic heterocycles. The predicted molar refractivity (Wildman–Crippen MR) is 147 cm³/mol. The highest BCUT2D eigenvalue weighted by atomic mass is 32.2. The van der Waals surface area contributed by atoms with E-state index in [2.05, 4.69) is 10.1 Å². The van der Waals surface area contributed by atoms with Crippen molar-refractivity contribution in [2.45, 2.75) is 11.5 Å². The lowest BCUT2D eigenvalue weighted by Gasteiger charge is -2.11. The molecule has 9 heteroatoms. The molecule has 39 heavy (non-hydrogen) atoms. The average molecular weight is 538 g/mol. The second-order valence-electron chi connectivity index (χ2n) is 8.73. The molecule has 3 heterocycles. The minimum Gasteiger partial charge on any atom is -0.493 e. The van der Waals surface area contributed by atoms with E-state index in [9.17, 15) is 8.42 Å². The second kappa shape index (κ2) is 10.1. The van der Waals surface area contributed by atoms with Crippen LogP contribution in [0, 0.1) is 0 Å². The zero-order chi connectivity index (χ0) is 26.8. The number of methoxy groups -OCH3 is 1. The molecule has 0 radical (unpaired) electrons. The molecule has 0 aliphatic carbocycles. The van der Waals surface area contributed by atoms with Crippen LogP contribution in [-0.2, 0) is 16.6 Å². The van der Waals surface area contributed by atoms with Crippen LogP contribution in [0.3, 0.4) is 0 Å². The minimum absolute atomic E-state index is 0.161. The molecule has 0 amide bonds. The maximum absolute atomic E-state index is 13.4. The molecule has 8 nitrogen and oxygen atoms in total. The van der Waals surface area contributed by atoms with Gasteiger partial charge in [0, 0.05) is 35.0 Å². The maximum atomic E-state index is 13.4. The van der Waals surface area contributed by atoms with E-state index in [-0.39, 0.29) is 11.5 Å². The lowest BCUT2D eigenvalue weighted by molar-refractivity contribution is 0.239. The number of hydrogen-bond acceptors (Lipinski definition) is 7. The monoisotopic (exact) mass is 537 g/mol. The number of fused-ring (bicyclic) bond motifs is 1. The molecule has 3 aromatic carbocycles. The smallest absolute Gasteiger partial charge is 0.269 e. The third-order valence-corrected chi connectivity index (χ3v) is 7.97. The van der Waals surface area contributed by atoms with E-state index in [1.165, 1.54) is 3.97 Å². The van der Waals surface area contributed by atoms with Crippen LogP contribution in [0.1, 0.15) is 5.76 Å². The van der Waals surface area contributed by atoms with Crippen molar-refractivity contribution in [1.29, 1.82) is 0 Å². The number of rotatable bonds is 8. The first kappa shape index (κ1) is 24.4. The fourth-order valence-electron chi connectivity index (χ4n) is 4.38. The molecule has 6 rings (SSSR count). The van der Waals surface area contributed by atoms with Gasteiger partial charge in [-0.15, -0.1) is 0 Å². The quantitative estimate of drug-likeness (QED) is 0.229. The first-order chi connectivity index (χ1) is 19.0. The summed E-state index contributed by atoms with van der Waals surface area (Å²) in [5, 5.41) is 4.82. The standard InChI is InChI=1S/C30H23N3O5S/c1-36-29-17-22(14-15-28(29)37-20-23-18-27(32-38-23)21-9-4-2-5-10-21)26-19-33(30-25(26)13-8-16-31-30)39(34,35)24-11-6-3-7-12-24/h2-19H,20H2,1H3. The molecular weight excluding hydrogens is 514 g/mol. The zero-order valence-corrected chi connectivity index (χ0v) is 21.7.